The van der Waals surface area contributed by atoms with Crippen LogP contribution in [0.4, 0.5) is 0 Å². The molecule has 5 nitrogen and oxygen atoms in total. The number of nitrogens with one attached hydrogen (secondary N) is 1. The van der Waals surface area contributed by atoms with Crippen molar-refractivity contribution in [1.29, 1.82) is 0 Å². The van der Waals surface area contributed by atoms with Gasteiger partial charge in [-0.3, -0.25) is 9.59 Å². The quantitative estimate of drug-likeness (QED) is 0.783. The zero-order valence-electron chi connectivity index (χ0n) is 14.7. The van der Waals surface area contributed by atoms with E-state index in [1.807, 2.05) is 30.3 Å². The van der Waals surface area contributed by atoms with Crippen molar-refractivity contribution in [2.24, 2.45) is 0 Å². The number of hydrogen-bond acceptors (Lipinski definition) is 4. The molecule has 0 aromatic heterocycles. The Morgan fingerprint density at radius 2 is 1.76 bits per heavy atom. The molecule has 0 bridgehead atoms. The Bertz CT molecular complexity index is 713. The highest BCUT2D eigenvalue weighted by molar-refractivity contribution is 5.95. The minimum Gasteiger partial charge on any atom is -0.497 e. The fourth-order valence-corrected chi connectivity index (χ4v) is 2.42. The molecule has 0 saturated heterocycles. The first kappa shape index (κ1) is 18.5. The number of rotatable bonds is 7. The molecule has 0 radical (unpaired) electrons. The highest BCUT2D eigenvalue weighted by Crippen LogP contribution is 2.19. The average molecular weight is 341 g/mol. The van der Waals surface area contributed by atoms with E-state index in [4.69, 9.17) is 9.47 Å². The molecule has 0 aliphatic carbocycles. The Morgan fingerprint density at radius 1 is 1.04 bits per heavy atom. The molecule has 0 saturated carbocycles. The Hall–Kier alpha value is -2.82. The Labute approximate surface area is 148 Å². The predicted octanol–water partition coefficient (Wildman–Crippen LogP) is 3.51. The fourth-order valence-electron chi connectivity index (χ4n) is 2.42. The van der Waals surface area contributed by atoms with Crippen molar-refractivity contribution in [3.05, 3.63) is 65.7 Å². The summed E-state index contributed by atoms with van der Waals surface area (Å²) >= 11 is 0. The molecule has 0 aliphatic heterocycles. The van der Waals surface area contributed by atoms with Crippen molar-refractivity contribution in [2.45, 2.75) is 32.4 Å². The van der Waals surface area contributed by atoms with Gasteiger partial charge >= 0.3 is 5.97 Å². The van der Waals surface area contributed by atoms with Crippen LogP contribution in [0, 0.1) is 0 Å². The molecule has 1 amide bonds. The van der Waals surface area contributed by atoms with Gasteiger partial charge in [-0.2, -0.15) is 0 Å². The van der Waals surface area contributed by atoms with Gasteiger partial charge in [0.2, 0.25) is 0 Å². The first-order valence-corrected chi connectivity index (χ1v) is 8.19. The molecular weight excluding hydrogens is 318 g/mol. The number of carbonyl (C=O) groups is 2. The van der Waals surface area contributed by atoms with E-state index in [-0.39, 0.29) is 24.4 Å². The van der Waals surface area contributed by atoms with Gasteiger partial charge in [-0.1, -0.05) is 36.4 Å². The zero-order valence-corrected chi connectivity index (χ0v) is 14.7. The van der Waals surface area contributed by atoms with Crippen molar-refractivity contribution in [3.63, 3.8) is 0 Å². The van der Waals surface area contributed by atoms with Gasteiger partial charge in [-0.25, -0.2) is 0 Å². The van der Waals surface area contributed by atoms with Crippen LogP contribution < -0.4 is 10.1 Å². The van der Waals surface area contributed by atoms with E-state index in [9.17, 15) is 9.59 Å². The van der Waals surface area contributed by atoms with Crippen molar-refractivity contribution in [3.8, 4) is 5.75 Å². The maximum atomic E-state index is 12.6. The van der Waals surface area contributed by atoms with Crippen molar-refractivity contribution >= 4 is 11.9 Å². The Morgan fingerprint density at radius 3 is 2.40 bits per heavy atom. The van der Waals surface area contributed by atoms with Crippen molar-refractivity contribution < 1.29 is 19.1 Å². The molecule has 0 heterocycles. The van der Waals surface area contributed by atoms with E-state index in [1.165, 1.54) is 0 Å². The van der Waals surface area contributed by atoms with Gasteiger partial charge in [0.05, 0.1) is 25.7 Å². The van der Waals surface area contributed by atoms with Crippen molar-refractivity contribution in [1.82, 2.24) is 5.32 Å². The van der Waals surface area contributed by atoms with Crippen LogP contribution >= 0.6 is 0 Å². The van der Waals surface area contributed by atoms with Crippen LogP contribution in [0.1, 0.15) is 42.2 Å². The summed E-state index contributed by atoms with van der Waals surface area (Å²) in [5.41, 5.74) is 1.32. The minimum atomic E-state index is -0.467. The lowest BCUT2D eigenvalue weighted by atomic mass is 10.0. The molecule has 25 heavy (non-hydrogen) atoms. The van der Waals surface area contributed by atoms with Gasteiger partial charge < -0.3 is 14.8 Å². The van der Waals surface area contributed by atoms with Crippen LogP contribution in [-0.4, -0.2) is 25.1 Å². The topological polar surface area (TPSA) is 64.6 Å². The maximum Gasteiger partial charge on any atom is 0.308 e. The first-order chi connectivity index (χ1) is 12.0. The summed E-state index contributed by atoms with van der Waals surface area (Å²) in [5.74, 6) is -0.0250. The van der Waals surface area contributed by atoms with Crippen LogP contribution in [0.3, 0.4) is 0 Å². The molecule has 0 spiro atoms. The van der Waals surface area contributed by atoms with Crippen molar-refractivity contribution in [2.75, 3.05) is 7.11 Å². The van der Waals surface area contributed by atoms with Gasteiger partial charge in [0.1, 0.15) is 5.75 Å². The summed E-state index contributed by atoms with van der Waals surface area (Å²) in [6.45, 7) is 3.59. The summed E-state index contributed by atoms with van der Waals surface area (Å²) in [4.78, 5) is 24.6. The SMILES string of the molecule is COc1cccc(C(=O)NC(CC(=O)OC(C)C)c2ccccc2)c1. The van der Waals surface area contributed by atoms with Crippen LogP contribution in [-0.2, 0) is 9.53 Å². The van der Waals surface area contributed by atoms with Gasteiger partial charge in [0.15, 0.2) is 0 Å². The Kier molecular flexibility index (Phi) is 6.57. The number of benzene rings is 2. The van der Waals surface area contributed by atoms with Gasteiger partial charge in [-0.15, -0.1) is 0 Å². The summed E-state index contributed by atoms with van der Waals surface area (Å²) in [5, 5.41) is 2.91. The van der Waals surface area contributed by atoms with Crippen LogP contribution in [0.25, 0.3) is 0 Å². The second-order valence-electron chi connectivity index (χ2n) is 5.91. The largest absolute Gasteiger partial charge is 0.497 e. The smallest absolute Gasteiger partial charge is 0.308 e. The standard InChI is InChI=1S/C20H23NO4/c1-14(2)25-19(22)13-18(15-8-5-4-6-9-15)21-20(23)16-10-7-11-17(12-16)24-3/h4-12,14,18H,13H2,1-3H3,(H,21,23). The third-order valence-corrected chi connectivity index (χ3v) is 3.58. The van der Waals surface area contributed by atoms with Gasteiger partial charge in [-0.05, 0) is 37.6 Å². The lowest BCUT2D eigenvalue weighted by Gasteiger charge is -2.19. The second kappa shape index (κ2) is 8.87. The molecule has 2 aromatic rings. The van der Waals surface area contributed by atoms with Crippen LogP contribution in [0.5, 0.6) is 5.75 Å². The van der Waals surface area contributed by atoms with E-state index in [0.717, 1.165) is 5.56 Å². The Balaban J connectivity index is 2.17. The molecule has 0 aliphatic rings. The first-order valence-electron chi connectivity index (χ1n) is 8.19. The lowest BCUT2D eigenvalue weighted by molar-refractivity contribution is -0.147. The normalized spacial score (nSPS) is 11.7. The zero-order chi connectivity index (χ0) is 18.2. The third-order valence-electron chi connectivity index (χ3n) is 3.58. The molecule has 1 N–H and O–H groups in total. The number of ether oxygens (including phenoxy) is 2. The highest BCUT2D eigenvalue weighted by Gasteiger charge is 2.20. The molecule has 5 heteroatoms. The molecule has 0 fully saturated rings. The minimum absolute atomic E-state index is 0.0674. The summed E-state index contributed by atoms with van der Waals surface area (Å²) in [6, 6.07) is 15.8. The molecule has 1 atom stereocenters. The lowest BCUT2D eigenvalue weighted by Crippen LogP contribution is -2.31. The molecule has 1 unspecified atom stereocenters. The predicted molar refractivity (Wildman–Crippen MR) is 95.5 cm³/mol. The number of hydrogen-bond donors (Lipinski definition) is 1. The average Bonchev–Trinajstić information content (AvgIpc) is 2.61. The van der Waals surface area contributed by atoms with Gasteiger partial charge in [0, 0.05) is 5.56 Å². The number of esters is 1. The van der Waals surface area contributed by atoms with Crippen LogP contribution in [0.15, 0.2) is 54.6 Å². The number of carbonyl (C=O) groups excluding carboxylic acids is 2. The highest BCUT2D eigenvalue weighted by atomic mass is 16.5. The monoisotopic (exact) mass is 341 g/mol. The van der Waals surface area contributed by atoms with E-state index in [2.05, 4.69) is 5.32 Å². The molecular formula is C20H23NO4. The fraction of sp³-hybridized carbons (Fsp3) is 0.300. The molecule has 2 rings (SSSR count). The van der Waals surface area contributed by atoms with E-state index in [0.29, 0.717) is 11.3 Å². The van der Waals surface area contributed by atoms with Gasteiger partial charge in [0.25, 0.3) is 5.91 Å². The summed E-state index contributed by atoms with van der Waals surface area (Å²) in [7, 11) is 1.55. The number of amides is 1. The third kappa shape index (κ3) is 5.64. The van der Waals surface area contributed by atoms with E-state index in [1.54, 1.807) is 45.2 Å². The number of methoxy groups -OCH3 is 1. The second-order valence-corrected chi connectivity index (χ2v) is 5.91. The van der Waals surface area contributed by atoms with E-state index < -0.39 is 6.04 Å². The summed E-state index contributed by atoms with van der Waals surface area (Å²) in [6.07, 6.45) is -0.129. The summed E-state index contributed by atoms with van der Waals surface area (Å²) < 4.78 is 10.4. The molecule has 132 valence electrons. The van der Waals surface area contributed by atoms with E-state index >= 15 is 0 Å². The molecule has 2 aromatic carbocycles. The van der Waals surface area contributed by atoms with Crippen LogP contribution in [0.2, 0.25) is 0 Å². The maximum absolute atomic E-state index is 12.6.